The van der Waals surface area contributed by atoms with E-state index in [0.29, 0.717) is 5.92 Å². The molecule has 1 rings (SSSR count). The Hall–Kier alpha value is -1.77. The SMILES string of the molecule is C=CCNC(=NC)NCCCc1ccc(C(C)C)cc1. The Balaban J connectivity index is 2.28. The standard InChI is InChI=1S/C17H27N3/c1-5-12-19-17(18-4)20-13-6-7-15-8-10-16(11-9-15)14(2)3/h5,8-11,14H,1,6-7,12-13H2,2-4H3,(H2,18,19,20). The fraction of sp³-hybridized carbons (Fsp3) is 0.471. The Bertz CT molecular complexity index is 418. The van der Waals surface area contributed by atoms with Crippen molar-refractivity contribution in [3.8, 4) is 0 Å². The second kappa shape index (κ2) is 9.18. The number of guanidine groups is 1. The molecule has 20 heavy (non-hydrogen) atoms. The third-order valence-corrected chi connectivity index (χ3v) is 3.22. The molecule has 0 unspecified atom stereocenters. The zero-order valence-electron chi connectivity index (χ0n) is 12.9. The molecule has 0 saturated carbocycles. The second-order valence-electron chi connectivity index (χ2n) is 5.17. The summed E-state index contributed by atoms with van der Waals surface area (Å²) in [6.07, 6.45) is 4.00. The fourth-order valence-corrected chi connectivity index (χ4v) is 1.96. The minimum absolute atomic E-state index is 0.602. The average molecular weight is 273 g/mol. The van der Waals surface area contributed by atoms with Gasteiger partial charge in [-0.1, -0.05) is 44.2 Å². The third kappa shape index (κ3) is 5.91. The highest BCUT2D eigenvalue weighted by atomic mass is 15.2. The quantitative estimate of drug-likeness (QED) is 0.347. The maximum Gasteiger partial charge on any atom is 0.191 e. The Morgan fingerprint density at radius 2 is 1.95 bits per heavy atom. The van der Waals surface area contributed by atoms with Crippen LogP contribution >= 0.6 is 0 Å². The van der Waals surface area contributed by atoms with Crippen molar-refractivity contribution in [2.24, 2.45) is 4.99 Å². The molecule has 0 aliphatic carbocycles. The van der Waals surface area contributed by atoms with Crippen molar-refractivity contribution in [1.29, 1.82) is 0 Å². The molecule has 0 spiro atoms. The molecule has 0 fully saturated rings. The molecule has 0 saturated heterocycles. The summed E-state index contributed by atoms with van der Waals surface area (Å²) in [7, 11) is 1.78. The summed E-state index contributed by atoms with van der Waals surface area (Å²) in [6.45, 7) is 9.78. The monoisotopic (exact) mass is 273 g/mol. The molecule has 1 aromatic rings. The zero-order chi connectivity index (χ0) is 14.8. The second-order valence-corrected chi connectivity index (χ2v) is 5.17. The molecule has 0 radical (unpaired) electrons. The molecular weight excluding hydrogens is 246 g/mol. The average Bonchev–Trinajstić information content (AvgIpc) is 2.47. The maximum atomic E-state index is 4.15. The van der Waals surface area contributed by atoms with Gasteiger partial charge < -0.3 is 10.6 Å². The van der Waals surface area contributed by atoms with E-state index in [1.165, 1.54) is 11.1 Å². The number of nitrogens with zero attached hydrogens (tertiary/aromatic N) is 1. The van der Waals surface area contributed by atoms with E-state index in [1.807, 2.05) is 6.08 Å². The van der Waals surface area contributed by atoms with Crippen molar-refractivity contribution >= 4 is 5.96 Å². The lowest BCUT2D eigenvalue weighted by atomic mass is 10.0. The molecule has 0 heterocycles. The number of benzene rings is 1. The number of nitrogens with one attached hydrogen (secondary N) is 2. The highest BCUT2D eigenvalue weighted by Crippen LogP contribution is 2.15. The van der Waals surface area contributed by atoms with Crippen LogP contribution in [0.3, 0.4) is 0 Å². The Morgan fingerprint density at radius 1 is 1.25 bits per heavy atom. The largest absolute Gasteiger partial charge is 0.356 e. The number of hydrogen-bond donors (Lipinski definition) is 2. The molecule has 3 nitrogen and oxygen atoms in total. The maximum absolute atomic E-state index is 4.15. The number of aliphatic imine (C=N–C) groups is 1. The first-order valence-corrected chi connectivity index (χ1v) is 7.31. The van der Waals surface area contributed by atoms with Crippen molar-refractivity contribution in [2.75, 3.05) is 20.1 Å². The Labute approximate surface area is 123 Å². The molecule has 1 aromatic carbocycles. The van der Waals surface area contributed by atoms with Crippen LogP contribution in [0.1, 0.15) is 37.3 Å². The number of rotatable bonds is 7. The summed E-state index contributed by atoms with van der Waals surface area (Å²) in [6, 6.07) is 8.94. The van der Waals surface area contributed by atoms with Gasteiger partial charge >= 0.3 is 0 Å². The van der Waals surface area contributed by atoms with Crippen LogP contribution in [0, 0.1) is 0 Å². The first kappa shape index (κ1) is 16.3. The highest BCUT2D eigenvalue weighted by Gasteiger charge is 1.99. The van der Waals surface area contributed by atoms with Gasteiger partial charge in [0.05, 0.1) is 0 Å². The summed E-state index contributed by atoms with van der Waals surface area (Å²) >= 11 is 0. The van der Waals surface area contributed by atoms with Gasteiger partial charge in [0.25, 0.3) is 0 Å². The molecule has 0 aromatic heterocycles. The van der Waals surface area contributed by atoms with E-state index in [4.69, 9.17) is 0 Å². The van der Waals surface area contributed by atoms with Crippen LogP contribution in [0.25, 0.3) is 0 Å². The molecule has 0 aliphatic rings. The van der Waals surface area contributed by atoms with Crippen LogP contribution in [-0.4, -0.2) is 26.1 Å². The lowest BCUT2D eigenvalue weighted by molar-refractivity contribution is 0.752. The summed E-state index contributed by atoms with van der Waals surface area (Å²) in [5.41, 5.74) is 2.80. The van der Waals surface area contributed by atoms with E-state index in [0.717, 1.165) is 31.9 Å². The van der Waals surface area contributed by atoms with Crippen molar-refractivity contribution in [1.82, 2.24) is 10.6 Å². The molecule has 0 amide bonds. The Morgan fingerprint density at radius 3 is 2.50 bits per heavy atom. The fourth-order valence-electron chi connectivity index (χ4n) is 1.96. The number of hydrogen-bond acceptors (Lipinski definition) is 1. The van der Waals surface area contributed by atoms with E-state index in [9.17, 15) is 0 Å². The van der Waals surface area contributed by atoms with Crippen molar-refractivity contribution in [3.63, 3.8) is 0 Å². The van der Waals surface area contributed by atoms with Gasteiger partial charge in [-0.05, 0) is 29.9 Å². The number of aryl methyl sites for hydroxylation is 1. The summed E-state index contributed by atoms with van der Waals surface area (Å²) in [5.74, 6) is 1.44. The van der Waals surface area contributed by atoms with Crippen LogP contribution in [0.5, 0.6) is 0 Å². The van der Waals surface area contributed by atoms with Crippen LogP contribution in [0.4, 0.5) is 0 Å². The molecule has 0 atom stereocenters. The first-order chi connectivity index (χ1) is 9.67. The lowest BCUT2D eigenvalue weighted by Crippen LogP contribution is -2.37. The van der Waals surface area contributed by atoms with Gasteiger partial charge in [0, 0.05) is 20.1 Å². The predicted molar refractivity (Wildman–Crippen MR) is 88.4 cm³/mol. The van der Waals surface area contributed by atoms with E-state index >= 15 is 0 Å². The van der Waals surface area contributed by atoms with Gasteiger partial charge in [-0.2, -0.15) is 0 Å². The zero-order valence-corrected chi connectivity index (χ0v) is 12.9. The highest BCUT2D eigenvalue weighted by molar-refractivity contribution is 5.79. The van der Waals surface area contributed by atoms with Crippen molar-refractivity contribution in [2.45, 2.75) is 32.6 Å². The van der Waals surface area contributed by atoms with E-state index in [1.54, 1.807) is 7.05 Å². The van der Waals surface area contributed by atoms with Gasteiger partial charge in [0.15, 0.2) is 5.96 Å². The van der Waals surface area contributed by atoms with Gasteiger partial charge in [-0.15, -0.1) is 6.58 Å². The molecule has 2 N–H and O–H groups in total. The van der Waals surface area contributed by atoms with Crippen LogP contribution in [0.15, 0.2) is 41.9 Å². The van der Waals surface area contributed by atoms with Crippen molar-refractivity contribution < 1.29 is 0 Å². The summed E-state index contributed by atoms with van der Waals surface area (Å²) in [4.78, 5) is 4.15. The van der Waals surface area contributed by atoms with Crippen LogP contribution in [0.2, 0.25) is 0 Å². The summed E-state index contributed by atoms with van der Waals surface area (Å²) < 4.78 is 0. The third-order valence-electron chi connectivity index (χ3n) is 3.22. The molecule has 0 aliphatic heterocycles. The van der Waals surface area contributed by atoms with Gasteiger partial charge in [0.2, 0.25) is 0 Å². The van der Waals surface area contributed by atoms with Crippen LogP contribution < -0.4 is 10.6 Å². The first-order valence-electron chi connectivity index (χ1n) is 7.31. The van der Waals surface area contributed by atoms with Crippen molar-refractivity contribution in [3.05, 3.63) is 48.0 Å². The minimum atomic E-state index is 0.602. The molecular formula is C17H27N3. The molecule has 3 heteroatoms. The lowest BCUT2D eigenvalue weighted by Gasteiger charge is -2.10. The van der Waals surface area contributed by atoms with E-state index in [2.05, 4.69) is 60.3 Å². The van der Waals surface area contributed by atoms with E-state index in [-0.39, 0.29) is 0 Å². The minimum Gasteiger partial charge on any atom is -0.356 e. The predicted octanol–water partition coefficient (Wildman–Crippen LogP) is 3.09. The van der Waals surface area contributed by atoms with Gasteiger partial charge in [-0.3, -0.25) is 4.99 Å². The molecule has 110 valence electrons. The molecule has 0 bridgehead atoms. The van der Waals surface area contributed by atoms with Crippen LogP contribution in [-0.2, 0) is 6.42 Å². The summed E-state index contributed by atoms with van der Waals surface area (Å²) in [5, 5.41) is 6.45. The van der Waals surface area contributed by atoms with E-state index < -0.39 is 0 Å². The van der Waals surface area contributed by atoms with Gasteiger partial charge in [0.1, 0.15) is 0 Å². The Kier molecular flexibility index (Phi) is 7.48. The topological polar surface area (TPSA) is 36.4 Å². The normalized spacial score (nSPS) is 11.5. The van der Waals surface area contributed by atoms with Gasteiger partial charge in [-0.25, -0.2) is 0 Å². The smallest absolute Gasteiger partial charge is 0.191 e.